The Bertz CT molecular complexity index is 485. The molecule has 108 valence electrons. The predicted molar refractivity (Wildman–Crippen MR) is 81.5 cm³/mol. The van der Waals surface area contributed by atoms with Crippen LogP contribution in [-0.2, 0) is 10.5 Å². The molecule has 0 aromatic heterocycles. The quantitative estimate of drug-likeness (QED) is 0.843. The molecule has 3 N–H and O–H groups in total. The maximum absolute atomic E-state index is 11.8. The smallest absolute Gasteiger partial charge is 0.248 e. The molecule has 0 saturated heterocycles. The maximum atomic E-state index is 11.8. The summed E-state index contributed by atoms with van der Waals surface area (Å²) in [5, 5.41) is 3.06. The van der Waals surface area contributed by atoms with Crippen LogP contribution in [0.2, 0.25) is 0 Å². The minimum absolute atomic E-state index is 0.105. The van der Waals surface area contributed by atoms with Crippen molar-refractivity contribution < 1.29 is 9.59 Å². The molecule has 0 unspecified atom stereocenters. The van der Waals surface area contributed by atoms with Gasteiger partial charge >= 0.3 is 0 Å². The molecule has 20 heavy (non-hydrogen) atoms. The number of carbonyl (C=O) groups excluding carboxylic acids is 2. The maximum Gasteiger partial charge on any atom is 0.248 e. The minimum Gasteiger partial charge on any atom is -0.366 e. The van der Waals surface area contributed by atoms with Crippen LogP contribution >= 0.6 is 11.8 Å². The summed E-state index contributed by atoms with van der Waals surface area (Å²) in [5.41, 5.74) is 6.77. The summed E-state index contributed by atoms with van der Waals surface area (Å²) in [6, 6.07) is 7.61. The molecule has 2 rings (SSSR count). The van der Waals surface area contributed by atoms with Crippen LogP contribution in [0.3, 0.4) is 0 Å². The first-order valence-electron chi connectivity index (χ1n) is 6.91. The SMILES string of the molecule is NC(=O)c1cccc(CSCC(=O)NC2CCCC2)c1. The van der Waals surface area contributed by atoms with Crippen LogP contribution in [0.5, 0.6) is 0 Å². The first-order valence-corrected chi connectivity index (χ1v) is 8.06. The monoisotopic (exact) mass is 292 g/mol. The van der Waals surface area contributed by atoms with E-state index in [2.05, 4.69) is 5.32 Å². The van der Waals surface area contributed by atoms with Gasteiger partial charge in [0, 0.05) is 17.4 Å². The van der Waals surface area contributed by atoms with Gasteiger partial charge in [0.2, 0.25) is 11.8 Å². The van der Waals surface area contributed by atoms with Crippen molar-refractivity contribution in [2.45, 2.75) is 37.5 Å². The second-order valence-electron chi connectivity index (χ2n) is 5.11. The Balaban J connectivity index is 1.73. The van der Waals surface area contributed by atoms with Crippen molar-refractivity contribution >= 4 is 23.6 Å². The lowest BCUT2D eigenvalue weighted by atomic mass is 10.1. The highest BCUT2D eigenvalue weighted by Gasteiger charge is 2.16. The molecule has 0 radical (unpaired) electrons. The van der Waals surface area contributed by atoms with Crippen molar-refractivity contribution in [3.63, 3.8) is 0 Å². The molecule has 0 heterocycles. The molecule has 1 saturated carbocycles. The van der Waals surface area contributed by atoms with E-state index in [1.165, 1.54) is 12.8 Å². The molecule has 1 aromatic carbocycles. The van der Waals surface area contributed by atoms with E-state index in [0.717, 1.165) is 18.4 Å². The van der Waals surface area contributed by atoms with Crippen LogP contribution in [0.25, 0.3) is 0 Å². The highest BCUT2D eigenvalue weighted by molar-refractivity contribution is 7.99. The predicted octanol–water partition coefficient (Wildman–Crippen LogP) is 2.08. The number of nitrogens with one attached hydrogen (secondary N) is 1. The summed E-state index contributed by atoms with van der Waals surface area (Å²) >= 11 is 1.55. The molecule has 1 aliphatic rings. The number of primary amides is 1. The molecule has 2 amide bonds. The van der Waals surface area contributed by atoms with Crippen molar-refractivity contribution in [1.82, 2.24) is 5.32 Å². The van der Waals surface area contributed by atoms with E-state index in [-0.39, 0.29) is 5.91 Å². The third kappa shape index (κ3) is 4.56. The Morgan fingerprint density at radius 3 is 2.75 bits per heavy atom. The third-order valence-corrected chi connectivity index (χ3v) is 4.44. The number of hydrogen-bond acceptors (Lipinski definition) is 3. The average molecular weight is 292 g/mol. The number of amides is 2. The van der Waals surface area contributed by atoms with E-state index in [1.54, 1.807) is 23.9 Å². The van der Waals surface area contributed by atoms with E-state index in [4.69, 9.17) is 5.73 Å². The van der Waals surface area contributed by atoms with Crippen LogP contribution in [-0.4, -0.2) is 23.6 Å². The summed E-state index contributed by atoms with van der Waals surface area (Å²) in [6.45, 7) is 0. The number of thioether (sulfide) groups is 1. The molecular weight excluding hydrogens is 272 g/mol. The van der Waals surface area contributed by atoms with Crippen LogP contribution < -0.4 is 11.1 Å². The van der Waals surface area contributed by atoms with Gasteiger partial charge in [0.05, 0.1) is 5.75 Å². The van der Waals surface area contributed by atoms with E-state index in [0.29, 0.717) is 23.1 Å². The molecule has 4 nitrogen and oxygen atoms in total. The molecule has 5 heteroatoms. The summed E-state index contributed by atoms with van der Waals surface area (Å²) in [5.74, 6) is 0.847. The van der Waals surface area contributed by atoms with E-state index in [9.17, 15) is 9.59 Å². The first-order chi connectivity index (χ1) is 9.65. The molecule has 0 spiro atoms. The molecule has 1 fully saturated rings. The largest absolute Gasteiger partial charge is 0.366 e. The number of benzene rings is 1. The molecule has 1 aliphatic carbocycles. The fourth-order valence-corrected chi connectivity index (χ4v) is 3.20. The van der Waals surface area contributed by atoms with Gasteiger partial charge in [0.15, 0.2) is 0 Å². The topological polar surface area (TPSA) is 72.2 Å². The average Bonchev–Trinajstić information content (AvgIpc) is 2.92. The molecule has 0 atom stereocenters. The Hall–Kier alpha value is -1.49. The molecule has 0 bridgehead atoms. The Morgan fingerprint density at radius 2 is 2.05 bits per heavy atom. The molecule has 1 aromatic rings. The Kier molecular flexibility index (Phi) is 5.47. The lowest BCUT2D eigenvalue weighted by molar-refractivity contribution is -0.119. The van der Waals surface area contributed by atoms with Gasteiger partial charge in [-0.3, -0.25) is 9.59 Å². The Labute approximate surface area is 123 Å². The van der Waals surface area contributed by atoms with Gasteiger partial charge < -0.3 is 11.1 Å². The van der Waals surface area contributed by atoms with Crippen LogP contribution in [0.1, 0.15) is 41.6 Å². The van der Waals surface area contributed by atoms with Gasteiger partial charge in [-0.05, 0) is 30.5 Å². The summed E-state index contributed by atoms with van der Waals surface area (Å²) in [6.07, 6.45) is 4.66. The number of hydrogen-bond donors (Lipinski definition) is 2. The molecular formula is C15H20N2O2S. The lowest BCUT2D eigenvalue weighted by Crippen LogP contribution is -2.33. The number of nitrogens with two attached hydrogens (primary N) is 1. The number of carbonyl (C=O) groups is 2. The van der Waals surface area contributed by atoms with Gasteiger partial charge in [0.1, 0.15) is 0 Å². The summed E-state index contributed by atoms with van der Waals surface area (Å²) < 4.78 is 0. The highest BCUT2D eigenvalue weighted by Crippen LogP contribution is 2.18. The Morgan fingerprint density at radius 1 is 1.30 bits per heavy atom. The molecule has 0 aliphatic heterocycles. The minimum atomic E-state index is -0.421. The summed E-state index contributed by atoms with van der Waals surface area (Å²) in [7, 11) is 0. The lowest BCUT2D eigenvalue weighted by Gasteiger charge is -2.11. The summed E-state index contributed by atoms with van der Waals surface area (Å²) in [4.78, 5) is 22.8. The van der Waals surface area contributed by atoms with Gasteiger partial charge in [-0.2, -0.15) is 0 Å². The van der Waals surface area contributed by atoms with Crippen LogP contribution in [0.15, 0.2) is 24.3 Å². The van der Waals surface area contributed by atoms with Crippen LogP contribution in [0, 0.1) is 0 Å². The van der Waals surface area contributed by atoms with E-state index in [1.807, 2.05) is 12.1 Å². The van der Waals surface area contributed by atoms with E-state index < -0.39 is 5.91 Å². The standard InChI is InChI=1S/C15H20N2O2S/c16-15(19)12-5-3-4-11(8-12)9-20-10-14(18)17-13-6-1-2-7-13/h3-5,8,13H,1-2,6-7,9-10H2,(H2,16,19)(H,17,18). The zero-order chi connectivity index (χ0) is 14.4. The van der Waals surface area contributed by atoms with Crippen molar-refractivity contribution in [3.05, 3.63) is 35.4 Å². The zero-order valence-electron chi connectivity index (χ0n) is 11.4. The normalized spacial score (nSPS) is 15.2. The van der Waals surface area contributed by atoms with Crippen molar-refractivity contribution in [3.8, 4) is 0 Å². The van der Waals surface area contributed by atoms with Crippen molar-refractivity contribution in [2.24, 2.45) is 5.73 Å². The van der Waals surface area contributed by atoms with Gasteiger partial charge in [-0.1, -0.05) is 25.0 Å². The van der Waals surface area contributed by atoms with Crippen molar-refractivity contribution in [2.75, 3.05) is 5.75 Å². The first kappa shape index (κ1) is 14.9. The van der Waals surface area contributed by atoms with Gasteiger partial charge in [0.25, 0.3) is 0 Å². The van der Waals surface area contributed by atoms with Crippen LogP contribution in [0.4, 0.5) is 0 Å². The highest BCUT2D eigenvalue weighted by atomic mass is 32.2. The second-order valence-corrected chi connectivity index (χ2v) is 6.09. The second kappa shape index (κ2) is 7.33. The fourth-order valence-electron chi connectivity index (χ4n) is 2.42. The van der Waals surface area contributed by atoms with Gasteiger partial charge in [-0.25, -0.2) is 0 Å². The number of rotatable bonds is 6. The third-order valence-electron chi connectivity index (χ3n) is 3.43. The van der Waals surface area contributed by atoms with Crippen molar-refractivity contribution in [1.29, 1.82) is 0 Å². The fraction of sp³-hybridized carbons (Fsp3) is 0.467. The van der Waals surface area contributed by atoms with E-state index >= 15 is 0 Å². The van der Waals surface area contributed by atoms with Gasteiger partial charge in [-0.15, -0.1) is 11.8 Å². The zero-order valence-corrected chi connectivity index (χ0v) is 12.2.